The fourth-order valence-corrected chi connectivity index (χ4v) is 3.28. The number of benzene rings is 1. The summed E-state index contributed by atoms with van der Waals surface area (Å²) in [6, 6.07) is 8.11. The van der Waals surface area contributed by atoms with Gasteiger partial charge in [0.05, 0.1) is 18.9 Å². The maximum atomic E-state index is 12.4. The van der Waals surface area contributed by atoms with Gasteiger partial charge in [0.1, 0.15) is 0 Å². The van der Waals surface area contributed by atoms with Crippen molar-refractivity contribution in [1.29, 1.82) is 0 Å². The molecule has 122 valence electrons. The number of rotatable bonds is 4. The van der Waals surface area contributed by atoms with Crippen molar-refractivity contribution < 1.29 is 19.8 Å². The van der Waals surface area contributed by atoms with E-state index in [1.165, 1.54) is 10.9 Å². The minimum absolute atomic E-state index is 0.274. The Kier molecular flexibility index (Phi) is 4.34. The molecule has 1 aromatic heterocycles. The zero-order valence-electron chi connectivity index (χ0n) is 12.8. The van der Waals surface area contributed by atoms with Crippen molar-refractivity contribution >= 4 is 22.8 Å². The Bertz CT molecular complexity index is 737. The number of para-hydroxylation sites is 1. The molecule has 1 aliphatic heterocycles. The molecule has 1 aromatic carbocycles. The number of aromatic amines is 1. The van der Waals surface area contributed by atoms with Crippen molar-refractivity contribution in [3.05, 3.63) is 35.5 Å². The minimum atomic E-state index is -1.07. The lowest BCUT2D eigenvalue weighted by molar-refractivity contribution is -0.145. The Labute approximate surface area is 133 Å². The number of carboxylic acids is 1. The zero-order valence-corrected chi connectivity index (χ0v) is 12.8. The molecule has 2 aromatic rings. The molecule has 1 atom stereocenters. The van der Waals surface area contributed by atoms with E-state index in [2.05, 4.69) is 11.1 Å². The van der Waals surface area contributed by atoms with Crippen LogP contribution in [-0.4, -0.2) is 51.7 Å². The number of hydrogen-bond acceptors (Lipinski definition) is 3. The van der Waals surface area contributed by atoms with E-state index in [9.17, 15) is 14.7 Å². The lowest BCUT2D eigenvalue weighted by Crippen LogP contribution is -2.40. The number of aliphatic carboxylic acids is 1. The summed E-state index contributed by atoms with van der Waals surface area (Å²) < 4.78 is 0. The summed E-state index contributed by atoms with van der Waals surface area (Å²) in [5.41, 5.74) is 3.48. The Hall–Kier alpha value is -2.34. The number of carboxylic acid groups (broad SMARTS) is 1. The van der Waals surface area contributed by atoms with Crippen LogP contribution in [0.4, 0.5) is 0 Å². The second-order valence-corrected chi connectivity index (χ2v) is 5.93. The number of carbonyl (C=O) groups is 2. The Balaban J connectivity index is 1.77. The number of amides is 1. The molecule has 3 N–H and O–H groups in total. The molecule has 0 saturated carbocycles. The molecule has 0 saturated heterocycles. The number of aliphatic hydroxyl groups is 1. The highest BCUT2D eigenvalue weighted by Gasteiger charge is 2.28. The summed E-state index contributed by atoms with van der Waals surface area (Å²) in [4.78, 5) is 28.3. The SMILES string of the molecule is O=C(O)CC(CO)C(=O)N1CCc2[nH]c3ccccc3c2CC1. The molecule has 6 heteroatoms. The molecule has 1 unspecified atom stereocenters. The highest BCUT2D eigenvalue weighted by Crippen LogP contribution is 2.26. The van der Waals surface area contributed by atoms with Crippen LogP contribution >= 0.6 is 0 Å². The molecule has 0 aliphatic carbocycles. The van der Waals surface area contributed by atoms with Crippen LogP contribution in [0.1, 0.15) is 17.7 Å². The lowest BCUT2D eigenvalue weighted by atomic mass is 10.0. The van der Waals surface area contributed by atoms with Gasteiger partial charge in [0, 0.05) is 36.1 Å². The van der Waals surface area contributed by atoms with Crippen molar-refractivity contribution in [2.24, 2.45) is 5.92 Å². The van der Waals surface area contributed by atoms with Crippen LogP contribution in [0.15, 0.2) is 24.3 Å². The molecule has 3 rings (SSSR count). The molecule has 2 heterocycles. The molecule has 0 radical (unpaired) electrons. The molecule has 6 nitrogen and oxygen atoms in total. The van der Waals surface area contributed by atoms with E-state index < -0.39 is 18.5 Å². The lowest BCUT2D eigenvalue weighted by Gasteiger charge is -2.24. The van der Waals surface area contributed by atoms with Gasteiger partial charge in [-0.1, -0.05) is 18.2 Å². The van der Waals surface area contributed by atoms with E-state index in [0.29, 0.717) is 19.5 Å². The number of aliphatic hydroxyl groups excluding tert-OH is 1. The third-order valence-corrected chi connectivity index (χ3v) is 4.47. The summed E-state index contributed by atoms with van der Waals surface area (Å²) >= 11 is 0. The normalized spacial score (nSPS) is 16.0. The van der Waals surface area contributed by atoms with Gasteiger partial charge in [0.2, 0.25) is 5.91 Å². The fourth-order valence-electron chi connectivity index (χ4n) is 3.28. The molecule has 23 heavy (non-hydrogen) atoms. The summed E-state index contributed by atoms with van der Waals surface area (Å²) in [6.45, 7) is 0.647. The second kappa shape index (κ2) is 6.42. The topological polar surface area (TPSA) is 93.6 Å². The van der Waals surface area contributed by atoms with Gasteiger partial charge in [0.25, 0.3) is 0 Å². The number of aromatic nitrogens is 1. The Morgan fingerprint density at radius 1 is 1.22 bits per heavy atom. The standard InChI is InChI=1S/C17H20N2O4/c20-10-11(9-16(21)22)17(23)19-7-5-13-12-3-1-2-4-14(12)18-15(13)6-8-19/h1-4,11,18,20H,5-10H2,(H,21,22). The average Bonchev–Trinajstić information content (AvgIpc) is 2.76. The van der Waals surface area contributed by atoms with E-state index >= 15 is 0 Å². The van der Waals surface area contributed by atoms with E-state index in [-0.39, 0.29) is 12.3 Å². The van der Waals surface area contributed by atoms with Crippen LogP contribution < -0.4 is 0 Å². The Morgan fingerprint density at radius 3 is 2.70 bits per heavy atom. The molecule has 0 spiro atoms. The number of nitrogens with zero attached hydrogens (tertiary/aromatic N) is 1. The van der Waals surface area contributed by atoms with Gasteiger partial charge in [-0.2, -0.15) is 0 Å². The largest absolute Gasteiger partial charge is 0.481 e. The number of nitrogens with one attached hydrogen (secondary N) is 1. The number of hydrogen-bond donors (Lipinski definition) is 3. The van der Waals surface area contributed by atoms with Crippen LogP contribution in [0.3, 0.4) is 0 Å². The van der Waals surface area contributed by atoms with Crippen LogP contribution in [0.2, 0.25) is 0 Å². The van der Waals surface area contributed by atoms with Gasteiger partial charge in [-0.25, -0.2) is 0 Å². The molecule has 1 aliphatic rings. The number of H-pyrrole nitrogens is 1. The molecular weight excluding hydrogens is 296 g/mol. The number of carbonyl (C=O) groups excluding carboxylic acids is 1. The van der Waals surface area contributed by atoms with Crippen LogP contribution in [0.25, 0.3) is 10.9 Å². The van der Waals surface area contributed by atoms with Gasteiger partial charge >= 0.3 is 5.97 Å². The first-order chi connectivity index (χ1) is 11.1. The number of fused-ring (bicyclic) bond motifs is 3. The first-order valence-electron chi connectivity index (χ1n) is 7.80. The second-order valence-electron chi connectivity index (χ2n) is 5.93. The first kappa shape index (κ1) is 15.6. The van der Waals surface area contributed by atoms with Crippen molar-refractivity contribution in [2.75, 3.05) is 19.7 Å². The van der Waals surface area contributed by atoms with Crippen molar-refractivity contribution in [3.63, 3.8) is 0 Å². The Morgan fingerprint density at radius 2 is 1.96 bits per heavy atom. The first-order valence-corrected chi connectivity index (χ1v) is 7.80. The predicted molar refractivity (Wildman–Crippen MR) is 85.1 cm³/mol. The van der Waals surface area contributed by atoms with Crippen molar-refractivity contribution in [1.82, 2.24) is 9.88 Å². The van der Waals surface area contributed by atoms with E-state index in [1.807, 2.05) is 18.2 Å². The third-order valence-electron chi connectivity index (χ3n) is 4.47. The average molecular weight is 316 g/mol. The zero-order chi connectivity index (χ0) is 16.4. The highest BCUT2D eigenvalue weighted by molar-refractivity contribution is 5.86. The molecule has 0 fully saturated rings. The molecule has 0 bridgehead atoms. The van der Waals surface area contributed by atoms with Gasteiger partial charge in [0.15, 0.2) is 0 Å². The predicted octanol–water partition coefficient (Wildman–Crippen LogP) is 1.18. The van der Waals surface area contributed by atoms with Gasteiger partial charge < -0.3 is 20.1 Å². The van der Waals surface area contributed by atoms with Crippen molar-refractivity contribution in [3.8, 4) is 0 Å². The fraction of sp³-hybridized carbons (Fsp3) is 0.412. The smallest absolute Gasteiger partial charge is 0.304 e. The monoisotopic (exact) mass is 316 g/mol. The van der Waals surface area contributed by atoms with E-state index in [0.717, 1.165) is 17.6 Å². The van der Waals surface area contributed by atoms with Crippen LogP contribution in [-0.2, 0) is 22.4 Å². The molecular formula is C17H20N2O4. The maximum Gasteiger partial charge on any atom is 0.304 e. The summed E-state index contributed by atoms with van der Waals surface area (Å²) in [5, 5.41) is 19.3. The summed E-state index contributed by atoms with van der Waals surface area (Å²) in [5.74, 6) is -2.20. The van der Waals surface area contributed by atoms with Crippen LogP contribution in [0.5, 0.6) is 0 Å². The van der Waals surface area contributed by atoms with E-state index in [4.69, 9.17) is 5.11 Å². The van der Waals surface area contributed by atoms with Gasteiger partial charge in [-0.15, -0.1) is 0 Å². The van der Waals surface area contributed by atoms with Gasteiger partial charge in [-0.05, 0) is 18.1 Å². The van der Waals surface area contributed by atoms with Crippen molar-refractivity contribution in [2.45, 2.75) is 19.3 Å². The maximum absolute atomic E-state index is 12.4. The highest BCUT2D eigenvalue weighted by atomic mass is 16.4. The third kappa shape index (κ3) is 3.07. The quantitative estimate of drug-likeness (QED) is 0.789. The minimum Gasteiger partial charge on any atom is -0.481 e. The summed E-state index contributed by atoms with van der Waals surface area (Å²) in [7, 11) is 0. The van der Waals surface area contributed by atoms with E-state index in [1.54, 1.807) is 4.90 Å². The molecule has 1 amide bonds. The summed E-state index contributed by atoms with van der Waals surface area (Å²) in [6.07, 6.45) is 1.11. The van der Waals surface area contributed by atoms with Crippen LogP contribution in [0, 0.1) is 5.92 Å². The van der Waals surface area contributed by atoms with Gasteiger partial charge in [-0.3, -0.25) is 9.59 Å².